The lowest BCUT2D eigenvalue weighted by Gasteiger charge is -2.15. The molecule has 0 saturated carbocycles. The molecule has 0 radical (unpaired) electrons. The number of methoxy groups -OCH3 is 1. The van der Waals surface area contributed by atoms with Crippen molar-refractivity contribution in [2.24, 2.45) is 5.92 Å². The van der Waals surface area contributed by atoms with Crippen molar-refractivity contribution >= 4 is 5.91 Å². The first-order chi connectivity index (χ1) is 11.1. The molecule has 0 aliphatic carbocycles. The van der Waals surface area contributed by atoms with Crippen LogP contribution in [0.1, 0.15) is 6.42 Å². The zero-order chi connectivity index (χ0) is 16.7. The van der Waals surface area contributed by atoms with Crippen LogP contribution in [0.25, 0.3) is 0 Å². The van der Waals surface area contributed by atoms with Gasteiger partial charge in [-0.25, -0.2) is 8.78 Å². The second-order valence-corrected chi connectivity index (χ2v) is 5.62. The van der Waals surface area contributed by atoms with Gasteiger partial charge in [-0.2, -0.15) is 0 Å². The summed E-state index contributed by atoms with van der Waals surface area (Å²) in [6.07, 6.45) is 1.03. The molecule has 128 valence electrons. The Hall–Kier alpha value is -1.73. The Bertz CT molecular complexity index is 528. The molecule has 5 nitrogen and oxygen atoms in total. The number of rotatable bonds is 8. The summed E-state index contributed by atoms with van der Waals surface area (Å²) < 4.78 is 36.2. The van der Waals surface area contributed by atoms with Gasteiger partial charge in [0.15, 0.2) is 18.2 Å². The van der Waals surface area contributed by atoms with E-state index in [9.17, 15) is 13.6 Å². The van der Waals surface area contributed by atoms with E-state index >= 15 is 0 Å². The van der Waals surface area contributed by atoms with Gasteiger partial charge >= 0.3 is 0 Å². The first-order valence-electron chi connectivity index (χ1n) is 7.64. The number of carbonyl (C=O) groups excluding carboxylic acids is 1. The maximum Gasteiger partial charge on any atom is 0.257 e. The molecule has 1 saturated heterocycles. The summed E-state index contributed by atoms with van der Waals surface area (Å²) in [6.45, 7) is 3.81. The molecule has 0 aromatic heterocycles. The minimum Gasteiger partial charge on any atom is -0.481 e. The van der Waals surface area contributed by atoms with Crippen molar-refractivity contribution in [1.29, 1.82) is 0 Å². The number of hydrogen-bond donors (Lipinski definition) is 1. The molecule has 7 heteroatoms. The summed E-state index contributed by atoms with van der Waals surface area (Å²) in [4.78, 5) is 14.0. The Labute approximate surface area is 134 Å². The Morgan fingerprint density at radius 2 is 2.26 bits per heavy atom. The lowest BCUT2D eigenvalue weighted by atomic mass is 10.1. The molecule has 1 N–H and O–H groups in total. The van der Waals surface area contributed by atoms with Gasteiger partial charge in [0, 0.05) is 32.8 Å². The van der Waals surface area contributed by atoms with Gasteiger partial charge in [0.05, 0.1) is 6.61 Å². The van der Waals surface area contributed by atoms with Gasteiger partial charge in [0.1, 0.15) is 5.82 Å². The second-order valence-electron chi connectivity index (χ2n) is 5.62. The molecule has 23 heavy (non-hydrogen) atoms. The Kier molecular flexibility index (Phi) is 6.73. The van der Waals surface area contributed by atoms with Crippen LogP contribution in [-0.2, 0) is 9.53 Å². The fourth-order valence-corrected chi connectivity index (χ4v) is 2.55. The summed E-state index contributed by atoms with van der Waals surface area (Å²) in [5.74, 6) is -1.54. The SMILES string of the molecule is COCCN1CC[C@H](CNC(=O)COc2ccc(F)cc2F)C1. The van der Waals surface area contributed by atoms with Crippen LogP contribution in [0.4, 0.5) is 8.78 Å². The zero-order valence-electron chi connectivity index (χ0n) is 13.2. The number of nitrogens with one attached hydrogen (secondary N) is 1. The minimum atomic E-state index is -0.817. The topological polar surface area (TPSA) is 50.8 Å². The summed E-state index contributed by atoms with van der Waals surface area (Å²) in [7, 11) is 1.68. The fraction of sp³-hybridized carbons (Fsp3) is 0.562. The molecule has 1 amide bonds. The van der Waals surface area contributed by atoms with Gasteiger partial charge < -0.3 is 19.7 Å². The Morgan fingerprint density at radius 3 is 3.00 bits per heavy atom. The number of hydrogen-bond acceptors (Lipinski definition) is 4. The van der Waals surface area contributed by atoms with Gasteiger partial charge in [-0.15, -0.1) is 0 Å². The molecule has 1 aromatic carbocycles. The second kappa shape index (κ2) is 8.79. The van der Waals surface area contributed by atoms with Crippen molar-refractivity contribution in [3.05, 3.63) is 29.8 Å². The molecule has 0 bridgehead atoms. The molecule has 1 fully saturated rings. The van der Waals surface area contributed by atoms with E-state index in [4.69, 9.17) is 9.47 Å². The van der Waals surface area contributed by atoms with Crippen molar-refractivity contribution in [3.63, 3.8) is 0 Å². The third kappa shape index (κ3) is 5.76. The van der Waals surface area contributed by atoms with Crippen LogP contribution in [0.5, 0.6) is 5.75 Å². The first-order valence-corrected chi connectivity index (χ1v) is 7.64. The van der Waals surface area contributed by atoms with E-state index in [0.717, 1.165) is 38.2 Å². The number of nitrogens with zero attached hydrogens (tertiary/aromatic N) is 1. The molecular formula is C16H22F2N2O3. The lowest BCUT2D eigenvalue weighted by molar-refractivity contribution is -0.123. The monoisotopic (exact) mass is 328 g/mol. The predicted octanol–water partition coefficient (Wildman–Crippen LogP) is 1.43. The van der Waals surface area contributed by atoms with Gasteiger partial charge in [0.2, 0.25) is 0 Å². The highest BCUT2D eigenvalue weighted by Crippen LogP contribution is 2.17. The molecule has 2 rings (SSSR count). The number of benzene rings is 1. The van der Waals surface area contributed by atoms with Gasteiger partial charge in [0.25, 0.3) is 5.91 Å². The highest BCUT2D eigenvalue weighted by Gasteiger charge is 2.22. The van der Waals surface area contributed by atoms with Crippen LogP contribution < -0.4 is 10.1 Å². The van der Waals surface area contributed by atoms with E-state index in [0.29, 0.717) is 19.1 Å². The maximum absolute atomic E-state index is 13.4. The van der Waals surface area contributed by atoms with Crippen molar-refractivity contribution in [2.75, 3.05) is 46.5 Å². The molecule has 1 aliphatic rings. The molecule has 1 aromatic rings. The Balaban J connectivity index is 1.66. The average molecular weight is 328 g/mol. The number of likely N-dealkylation sites (tertiary alicyclic amines) is 1. The van der Waals surface area contributed by atoms with Crippen molar-refractivity contribution in [2.45, 2.75) is 6.42 Å². The van der Waals surface area contributed by atoms with Crippen molar-refractivity contribution < 1.29 is 23.0 Å². The zero-order valence-corrected chi connectivity index (χ0v) is 13.2. The largest absolute Gasteiger partial charge is 0.481 e. The Morgan fingerprint density at radius 1 is 1.43 bits per heavy atom. The molecule has 1 atom stereocenters. The van der Waals surface area contributed by atoms with Crippen LogP contribution in [0.2, 0.25) is 0 Å². The minimum absolute atomic E-state index is 0.131. The van der Waals surface area contributed by atoms with Crippen LogP contribution >= 0.6 is 0 Å². The molecular weight excluding hydrogens is 306 g/mol. The quantitative estimate of drug-likeness (QED) is 0.784. The smallest absolute Gasteiger partial charge is 0.257 e. The third-order valence-electron chi connectivity index (χ3n) is 3.82. The first kappa shape index (κ1) is 17.6. The predicted molar refractivity (Wildman–Crippen MR) is 81.3 cm³/mol. The summed E-state index contributed by atoms with van der Waals surface area (Å²) in [5, 5.41) is 2.78. The number of ether oxygens (including phenoxy) is 2. The summed E-state index contributed by atoms with van der Waals surface area (Å²) in [6, 6.07) is 2.98. The molecule has 1 heterocycles. The highest BCUT2D eigenvalue weighted by molar-refractivity contribution is 5.77. The fourth-order valence-electron chi connectivity index (χ4n) is 2.55. The highest BCUT2D eigenvalue weighted by atomic mass is 19.1. The average Bonchev–Trinajstić information content (AvgIpc) is 2.98. The van der Waals surface area contributed by atoms with Crippen LogP contribution in [0, 0.1) is 17.6 Å². The van der Waals surface area contributed by atoms with Gasteiger partial charge in [-0.3, -0.25) is 4.79 Å². The third-order valence-corrected chi connectivity index (χ3v) is 3.82. The normalized spacial score (nSPS) is 18.1. The maximum atomic E-state index is 13.4. The standard InChI is InChI=1S/C16H22F2N2O3/c1-22-7-6-20-5-4-12(10-20)9-19-16(21)11-23-15-3-2-13(17)8-14(15)18/h2-3,8,12H,4-7,9-11H2,1H3,(H,19,21)/t12-/m1/s1. The van der Waals surface area contributed by atoms with E-state index < -0.39 is 11.6 Å². The number of amides is 1. The van der Waals surface area contributed by atoms with E-state index in [-0.39, 0.29) is 18.3 Å². The molecule has 0 unspecified atom stereocenters. The van der Waals surface area contributed by atoms with E-state index in [2.05, 4.69) is 10.2 Å². The van der Waals surface area contributed by atoms with Crippen LogP contribution in [0.15, 0.2) is 18.2 Å². The number of carbonyl (C=O) groups is 1. The van der Waals surface area contributed by atoms with Crippen molar-refractivity contribution in [3.8, 4) is 5.75 Å². The van der Waals surface area contributed by atoms with Gasteiger partial charge in [-0.1, -0.05) is 0 Å². The van der Waals surface area contributed by atoms with Gasteiger partial charge in [-0.05, 0) is 31.0 Å². The van der Waals surface area contributed by atoms with Crippen LogP contribution in [-0.4, -0.2) is 57.3 Å². The van der Waals surface area contributed by atoms with Crippen molar-refractivity contribution in [1.82, 2.24) is 10.2 Å². The molecule has 1 aliphatic heterocycles. The summed E-state index contributed by atoms with van der Waals surface area (Å²) >= 11 is 0. The van der Waals surface area contributed by atoms with Crippen LogP contribution in [0.3, 0.4) is 0 Å². The number of halogens is 2. The van der Waals surface area contributed by atoms with E-state index in [1.807, 2.05) is 0 Å². The molecule has 0 spiro atoms. The summed E-state index contributed by atoms with van der Waals surface area (Å²) in [5.41, 5.74) is 0. The van der Waals surface area contributed by atoms with E-state index in [1.165, 1.54) is 6.07 Å². The van der Waals surface area contributed by atoms with E-state index in [1.54, 1.807) is 7.11 Å². The lowest BCUT2D eigenvalue weighted by Crippen LogP contribution is -2.34.